The molecule has 1 amide bonds. The number of hydrogen-bond acceptors (Lipinski definition) is 7. The van der Waals surface area contributed by atoms with Gasteiger partial charge in [-0.05, 0) is 24.6 Å². The SMILES string of the molecule is Cc1c(CC(=O)N[C@H]2CS(=O)(=O)C[C@@H]2O)c(=O)oc2cc(O)ccc12. The number of rotatable bonds is 3. The van der Waals surface area contributed by atoms with Gasteiger partial charge in [-0.2, -0.15) is 0 Å². The third kappa shape index (κ3) is 3.52. The number of aliphatic hydroxyl groups is 1. The van der Waals surface area contributed by atoms with Crippen LogP contribution >= 0.6 is 0 Å². The van der Waals surface area contributed by atoms with Gasteiger partial charge in [0.05, 0.1) is 35.6 Å². The van der Waals surface area contributed by atoms with Crippen LogP contribution in [0, 0.1) is 6.92 Å². The predicted octanol–water partition coefficient (Wildman–Crippen LogP) is -0.376. The lowest BCUT2D eigenvalue weighted by Crippen LogP contribution is -2.43. The number of nitrogens with one attached hydrogen (secondary N) is 1. The second-order valence-electron chi connectivity index (χ2n) is 6.17. The minimum Gasteiger partial charge on any atom is -0.508 e. The minimum atomic E-state index is -3.38. The number of sulfone groups is 1. The topological polar surface area (TPSA) is 134 Å². The zero-order chi connectivity index (χ0) is 18.4. The highest BCUT2D eigenvalue weighted by Gasteiger charge is 2.37. The van der Waals surface area contributed by atoms with Gasteiger partial charge >= 0.3 is 5.63 Å². The molecule has 0 saturated carbocycles. The van der Waals surface area contributed by atoms with Crippen LogP contribution in [0.3, 0.4) is 0 Å². The van der Waals surface area contributed by atoms with Crippen LogP contribution in [0.1, 0.15) is 11.1 Å². The zero-order valence-electron chi connectivity index (χ0n) is 13.4. The standard InChI is InChI=1S/C16H17NO7S/c1-8-10-3-2-9(18)4-14(10)24-16(21)11(8)5-15(20)17-12-6-25(22,23)7-13(12)19/h2-4,12-13,18-19H,5-7H2,1H3,(H,17,20)/t12-,13-/m0/s1. The number of amides is 1. The number of phenols is 1. The van der Waals surface area contributed by atoms with Crippen LogP contribution in [-0.2, 0) is 21.1 Å². The molecule has 3 N–H and O–H groups in total. The Kier molecular flexibility index (Phi) is 4.29. The largest absolute Gasteiger partial charge is 0.508 e. The van der Waals surface area contributed by atoms with E-state index in [9.17, 15) is 28.2 Å². The van der Waals surface area contributed by atoms with E-state index < -0.39 is 39.3 Å². The predicted molar refractivity (Wildman–Crippen MR) is 89.2 cm³/mol. The van der Waals surface area contributed by atoms with E-state index in [4.69, 9.17) is 4.42 Å². The number of aryl methyl sites for hydroxylation is 1. The molecule has 0 aliphatic carbocycles. The average molecular weight is 367 g/mol. The molecule has 0 spiro atoms. The molecular formula is C16H17NO7S. The summed E-state index contributed by atoms with van der Waals surface area (Å²) in [5.74, 6) is -1.34. The van der Waals surface area contributed by atoms with Gasteiger partial charge in [0.25, 0.3) is 0 Å². The maximum Gasteiger partial charge on any atom is 0.340 e. The molecule has 1 saturated heterocycles. The number of fused-ring (bicyclic) bond motifs is 1. The molecule has 2 heterocycles. The normalized spacial score (nSPS) is 22.2. The fourth-order valence-electron chi connectivity index (χ4n) is 2.97. The van der Waals surface area contributed by atoms with Crippen LogP contribution in [0.5, 0.6) is 5.75 Å². The molecule has 2 atom stereocenters. The first-order valence-corrected chi connectivity index (χ1v) is 9.41. The van der Waals surface area contributed by atoms with Crippen molar-refractivity contribution in [1.82, 2.24) is 5.32 Å². The van der Waals surface area contributed by atoms with Crippen LogP contribution in [0.25, 0.3) is 11.0 Å². The summed E-state index contributed by atoms with van der Waals surface area (Å²) in [7, 11) is -3.38. The number of hydrogen-bond donors (Lipinski definition) is 3. The monoisotopic (exact) mass is 367 g/mol. The smallest absolute Gasteiger partial charge is 0.340 e. The lowest BCUT2D eigenvalue weighted by molar-refractivity contribution is -0.121. The molecule has 134 valence electrons. The Morgan fingerprint density at radius 3 is 2.72 bits per heavy atom. The van der Waals surface area contributed by atoms with E-state index in [-0.39, 0.29) is 29.1 Å². The van der Waals surface area contributed by atoms with Crippen LogP contribution < -0.4 is 10.9 Å². The van der Waals surface area contributed by atoms with Crippen molar-refractivity contribution in [3.05, 3.63) is 39.7 Å². The summed E-state index contributed by atoms with van der Waals surface area (Å²) in [5, 5.41) is 22.2. The molecule has 0 radical (unpaired) electrons. The van der Waals surface area contributed by atoms with Gasteiger partial charge in [0, 0.05) is 11.5 Å². The van der Waals surface area contributed by atoms with E-state index in [1.54, 1.807) is 13.0 Å². The first-order chi connectivity index (χ1) is 11.7. The molecule has 1 aliphatic rings. The van der Waals surface area contributed by atoms with Gasteiger partial charge in [-0.3, -0.25) is 4.79 Å². The Bertz CT molecular complexity index is 1010. The molecule has 1 fully saturated rings. The number of benzene rings is 1. The van der Waals surface area contributed by atoms with Crippen LogP contribution in [0.15, 0.2) is 27.4 Å². The van der Waals surface area contributed by atoms with E-state index in [2.05, 4.69) is 5.32 Å². The fraction of sp³-hybridized carbons (Fsp3) is 0.375. The summed E-state index contributed by atoms with van der Waals surface area (Å²) in [6.45, 7) is 1.66. The highest BCUT2D eigenvalue weighted by molar-refractivity contribution is 7.91. The number of carbonyl (C=O) groups excluding carboxylic acids is 1. The van der Waals surface area contributed by atoms with Crippen molar-refractivity contribution >= 4 is 26.7 Å². The summed E-state index contributed by atoms with van der Waals surface area (Å²) >= 11 is 0. The molecule has 2 aromatic rings. The van der Waals surface area contributed by atoms with Crippen molar-refractivity contribution in [2.24, 2.45) is 0 Å². The summed E-state index contributed by atoms with van der Waals surface area (Å²) in [6.07, 6.45) is -1.46. The van der Waals surface area contributed by atoms with E-state index in [0.717, 1.165) is 0 Å². The van der Waals surface area contributed by atoms with Crippen molar-refractivity contribution in [1.29, 1.82) is 0 Å². The first kappa shape index (κ1) is 17.4. The number of aliphatic hydroxyl groups excluding tert-OH is 1. The highest BCUT2D eigenvalue weighted by Crippen LogP contribution is 2.23. The van der Waals surface area contributed by atoms with Gasteiger partial charge in [0.15, 0.2) is 9.84 Å². The lowest BCUT2D eigenvalue weighted by Gasteiger charge is -2.15. The Labute approximate surface area is 143 Å². The molecule has 25 heavy (non-hydrogen) atoms. The summed E-state index contributed by atoms with van der Waals surface area (Å²) in [4.78, 5) is 24.3. The third-order valence-electron chi connectivity index (χ3n) is 4.28. The van der Waals surface area contributed by atoms with Gasteiger partial charge in [-0.15, -0.1) is 0 Å². The van der Waals surface area contributed by atoms with Gasteiger partial charge in [-0.1, -0.05) is 0 Å². The van der Waals surface area contributed by atoms with E-state index in [1.807, 2.05) is 0 Å². The molecular weight excluding hydrogens is 350 g/mol. The van der Waals surface area contributed by atoms with Gasteiger partial charge < -0.3 is 19.9 Å². The van der Waals surface area contributed by atoms with Crippen molar-refractivity contribution in [2.45, 2.75) is 25.5 Å². The van der Waals surface area contributed by atoms with E-state index in [1.165, 1.54) is 12.1 Å². The van der Waals surface area contributed by atoms with E-state index in [0.29, 0.717) is 10.9 Å². The Hall–Kier alpha value is -2.39. The van der Waals surface area contributed by atoms with Gasteiger partial charge in [0.2, 0.25) is 5.91 Å². The molecule has 1 aliphatic heterocycles. The quantitative estimate of drug-likeness (QED) is 0.630. The molecule has 0 bridgehead atoms. The van der Waals surface area contributed by atoms with Gasteiger partial charge in [-0.25, -0.2) is 13.2 Å². The Morgan fingerprint density at radius 2 is 2.08 bits per heavy atom. The average Bonchev–Trinajstić information content (AvgIpc) is 2.75. The Balaban J connectivity index is 1.84. The third-order valence-corrected chi connectivity index (χ3v) is 5.99. The Morgan fingerprint density at radius 1 is 1.36 bits per heavy atom. The second kappa shape index (κ2) is 6.16. The number of aromatic hydroxyl groups is 1. The molecule has 8 nitrogen and oxygen atoms in total. The minimum absolute atomic E-state index is 0.0445. The summed E-state index contributed by atoms with van der Waals surface area (Å²) < 4.78 is 28.1. The van der Waals surface area contributed by atoms with Crippen LogP contribution in [-0.4, -0.2) is 48.2 Å². The summed E-state index contributed by atoms with van der Waals surface area (Å²) in [5.41, 5.74) is 0.196. The van der Waals surface area contributed by atoms with E-state index >= 15 is 0 Å². The molecule has 0 unspecified atom stereocenters. The highest BCUT2D eigenvalue weighted by atomic mass is 32.2. The van der Waals surface area contributed by atoms with Crippen LogP contribution in [0.2, 0.25) is 0 Å². The van der Waals surface area contributed by atoms with Crippen molar-refractivity contribution in [3.63, 3.8) is 0 Å². The molecule has 9 heteroatoms. The molecule has 3 rings (SSSR count). The second-order valence-corrected chi connectivity index (χ2v) is 8.32. The van der Waals surface area contributed by atoms with Crippen molar-refractivity contribution in [3.8, 4) is 5.75 Å². The number of carbonyl (C=O) groups is 1. The number of phenolic OH excluding ortho intramolecular Hbond substituents is 1. The lowest BCUT2D eigenvalue weighted by atomic mass is 10.0. The van der Waals surface area contributed by atoms with Crippen molar-refractivity contribution in [2.75, 3.05) is 11.5 Å². The maximum absolute atomic E-state index is 12.2. The zero-order valence-corrected chi connectivity index (χ0v) is 14.2. The first-order valence-electron chi connectivity index (χ1n) is 7.59. The van der Waals surface area contributed by atoms with Crippen molar-refractivity contribution < 1.29 is 27.8 Å². The fourth-order valence-corrected chi connectivity index (χ4v) is 4.71. The van der Waals surface area contributed by atoms with Crippen LogP contribution in [0.4, 0.5) is 0 Å². The van der Waals surface area contributed by atoms with Gasteiger partial charge in [0.1, 0.15) is 11.3 Å². The summed E-state index contributed by atoms with van der Waals surface area (Å²) in [6, 6.07) is 3.45. The maximum atomic E-state index is 12.2. The molecule has 1 aromatic carbocycles. The molecule has 1 aromatic heterocycles.